The van der Waals surface area contributed by atoms with Crippen molar-refractivity contribution < 1.29 is 9.90 Å². The average Bonchev–Trinajstić information content (AvgIpc) is 2.85. The Morgan fingerprint density at radius 3 is 3.16 bits per heavy atom. The third-order valence-electron chi connectivity index (χ3n) is 3.33. The lowest BCUT2D eigenvalue weighted by Gasteiger charge is -2.21. The van der Waals surface area contributed by atoms with Gasteiger partial charge in [-0.25, -0.2) is 0 Å². The number of hydrogen-bond acceptors (Lipinski definition) is 3. The van der Waals surface area contributed by atoms with E-state index in [2.05, 4.69) is 23.7 Å². The van der Waals surface area contributed by atoms with Crippen LogP contribution in [0, 0.1) is 11.8 Å². The van der Waals surface area contributed by atoms with Crippen LogP contribution in [0.5, 0.6) is 0 Å². The quantitative estimate of drug-likeness (QED) is 0.817. The van der Waals surface area contributed by atoms with Gasteiger partial charge in [0.05, 0.1) is 17.7 Å². The first-order valence-electron chi connectivity index (χ1n) is 6.58. The fourth-order valence-corrected chi connectivity index (χ4v) is 2.28. The van der Waals surface area contributed by atoms with Crippen molar-refractivity contribution in [3.8, 4) is 11.8 Å². The first kappa shape index (κ1) is 13.6. The zero-order chi connectivity index (χ0) is 13.7. The molecule has 1 N–H and O–H groups in total. The van der Waals surface area contributed by atoms with E-state index >= 15 is 0 Å². The molecule has 1 fully saturated rings. The molecule has 100 valence electrons. The van der Waals surface area contributed by atoms with E-state index in [0.29, 0.717) is 23.6 Å². The Hall–Kier alpha value is -1.86. The first-order chi connectivity index (χ1) is 9.24. The fraction of sp³-hybridized carbons (Fsp3) is 0.467. The maximum atomic E-state index is 12.5. The summed E-state index contributed by atoms with van der Waals surface area (Å²) in [5.74, 6) is 5.78. The maximum absolute atomic E-state index is 12.5. The van der Waals surface area contributed by atoms with E-state index in [0.717, 1.165) is 19.4 Å². The highest BCUT2D eigenvalue weighted by molar-refractivity contribution is 5.96. The van der Waals surface area contributed by atoms with Crippen LogP contribution in [0.2, 0.25) is 0 Å². The summed E-state index contributed by atoms with van der Waals surface area (Å²) in [5, 5.41) is 8.74. The number of aliphatic hydroxyl groups excluding tert-OH is 1. The van der Waals surface area contributed by atoms with E-state index in [1.807, 2.05) is 4.90 Å². The van der Waals surface area contributed by atoms with E-state index < -0.39 is 0 Å². The largest absolute Gasteiger partial charge is 0.395 e. The van der Waals surface area contributed by atoms with Crippen LogP contribution >= 0.6 is 0 Å². The van der Waals surface area contributed by atoms with Crippen LogP contribution in [0.25, 0.3) is 0 Å². The second kappa shape index (κ2) is 6.35. The van der Waals surface area contributed by atoms with Gasteiger partial charge in [-0.15, -0.1) is 0 Å². The average molecular weight is 258 g/mol. The number of rotatable bonds is 2. The van der Waals surface area contributed by atoms with Gasteiger partial charge in [-0.3, -0.25) is 9.78 Å². The minimum Gasteiger partial charge on any atom is -0.395 e. The first-order valence-corrected chi connectivity index (χ1v) is 6.58. The Bertz CT molecular complexity index is 516. The van der Waals surface area contributed by atoms with Crippen molar-refractivity contribution >= 4 is 5.91 Å². The van der Waals surface area contributed by atoms with Gasteiger partial charge in [0, 0.05) is 31.4 Å². The highest BCUT2D eigenvalue weighted by Gasteiger charge is 2.27. The summed E-state index contributed by atoms with van der Waals surface area (Å²) in [4.78, 5) is 18.4. The minimum atomic E-state index is 0.0275. The molecule has 2 heterocycles. The molecule has 1 aromatic rings. The second-order valence-electron chi connectivity index (χ2n) is 4.69. The summed E-state index contributed by atoms with van der Waals surface area (Å²) >= 11 is 0. The van der Waals surface area contributed by atoms with Crippen LogP contribution in [0.15, 0.2) is 18.5 Å². The number of likely N-dealkylation sites (tertiary alicyclic amines) is 1. The Labute approximate surface area is 113 Å². The van der Waals surface area contributed by atoms with E-state index in [1.54, 1.807) is 18.5 Å². The monoisotopic (exact) mass is 258 g/mol. The summed E-state index contributed by atoms with van der Waals surface area (Å²) < 4.78 is 0. The number of carbonyl (C=O) groups excluding carboxylic acids is 1. The van der Waals surface area contributed by atoms with Crippen molar-refractivity contribution in [2.24, 2.45) is 0 Å². The van der Waals surface area contributed by atoms with Gasteiger partial charge in [0.25, 0.3) is 5.91 Å². The summed E-state index contributed by atoms with van der Waals surface area (Å²) in [6, 6.07) is 2.01. The Balaban J connectivity index is 2.24. The van der Waals surface area contributed by atoms with Gasteiger partial charge in [-0.1, -0.05) is 11.8 Å². The lowest BCUT2D eigenvalue weighted by molar-refractivity contribution is 0.0747. The predicted molar refractivity (Wildman–Crippen MR) is 72.6 cm³/mol. The molecule has 1 aliphatic rings. The highest BCUT2D eigenvalue weighted by Crippen LogP contribution is 2.20. The molecule has 0 saturated carbocycles. The highest BCUT2D eigenvalue weighted by atomic mass is 16.2. The van der Waals surface area contributed by atoms with Crippen LogP contribution in [0.1, 0.15) is 42.1 Å². The molecule has 0 radical (unpaired) electrons. The van der Waals surface area contributed by atoms with Crippen LogP contribution in [0.3, 0.4) is 0 Å². The smallest absolute Gasteiger partial charge is 0.255 e. The third kappa shape index (κ3) is 3.12. The van der Waals surface area contributed by atoms with Gasteiger partial charge in [-0.2, -0.15) is 0 Å². The summed E-state index contributed by atoms with van der Waals surface area (Å²) in [6.45, 7) is 2.91. The van der Waals surface area contributed by atoms with Crippen molar-refractivity contribution in [1.29, 1.82) is 0 Å². The standard InChI is InChI=1S/C15H18N2O2/c1-12-5-4-9-17(12)15(19)14-7-8-16-11-13(14)6-2-3-10-18/h7-8,11-12,18H,3-5,9-10H2,1H3. The third-order valence-corrected chi connectivity index (χ3v) is 3.33. The molecule has 1 atom stereocenters. The summed E-state index contributed by atoms with van der Waals surface area (Å²) in [6.07, 6.45) is 5.75. The van der Waals surface area contributed by atoms with Crippen molar-refractivity contribution in [1.82, 2.24) is 9.88 Å². The molecular weight excluding hydrogens is 240 g/mol. The molecule has 1 aliphatic heterocycles. The Morgan fingerprint density at radius 2 is 2.47 bits per heavy atom. The molecule has 0 aromatic carbocycles. The lowest BCUT2D eigenvalue weighted by atomic mass is 10.1. The molecule has 1 unspecified atom stereocenters. The molecule has 2 rings (SSSR count). The van der Waals surface area contributed by atoms with Crippen LogP contribution in [-0.4, -0.2) is 40.1 Å². The lowest BCUT2D eigenvalue weighted by Crippen LogP contribution is -2.34. The number of hydrogen-bond donors (Lipinski definition) is 1. The van der Waals surface area contributed by atoms with Gasteiger partial charge >= 0.3 is 0 Å². The Kier molecular flexibility index (Phi) is 4.53. The molecule has 1 aromatic heterocycles. The molecule has 1 saturated heterocycles. The Morgan fingerprint density at radius 1 is 1.63 bits per heavy atom. The molecular formula is C15H18N2O2. The topological polar surface area (TPSA) is 53.4 Å². The van der Waals surface area contributed by atoms with E-state index in [-0.39, 0.29) is 12.5 Å². The molecule has 0 bridgehead atoms. The number of aromatic nitrogens is 1. The second-order valence-corrected chi connectivity index (χ2v) is 4.69. The molecule has 4 heteroatoms. The van der Waals surface area contributed by atoms with Crippen molar-refractivity contribution in [3.05, 3.63) is 29.6 Å². The summed E-state index contributed by atoms with van der Waals surface area (Å²) in [7, 11) is 0. The molecule has 0 spiro atoms. The summed E-state index contributed by atoms with van der Waals surface area (Å²) in [5.41, 5.74) is 1.24. The fourth-order valence-electron chi connectivity index (χ4n) is 2.28. The molecule has 0 aliphatic carbocycles. The number of pyridine rings is 1. The van der Waals surface area contributed by atoms with Crippen LogP contribution in [0.4, 0.5) is 0 Å². The van der Waals surface area contributed by atoms with E-state index in [1.165, 1.54) is 0 Å². The molecule has 19 heavy (non-hydrogen) atoms. The normalized spacial score (nSPS) is 18.0. The van der Waals surface area contributed by atoms with E-state index in [4.69, 9.17) is 5.11 Å². The zero-order valence-electron chi connectivity index (χ0n) is 11.1. The SMILES string of the molecule is CC1CCCN1C(=O)c1ccncc1C#CCCO. The van der Waals surface area contributed by atoms with E-state index in [9.17, 15) is 4.79 Å². The maximum Gasteiger partial charge on any atom is 0.255 e. The minimum absolute atomic E-state index is 0.0275. The number of amides is 1. The zero-order valence-corrected chi connectivity index (χ0v) is 11.1. The molecule has 1 amide bonds. The van der Waals surface area contributed by atoms with Gasteiger partial charge in [0.2, 0.25) is 0 Å². The van der Waals surface area contributed by atoms with Crippen molar-refractivity contribution in [3.63, 3.8) is 0 Å². The number of carbonyl (C=O) groups is 1. The van der Waals surface area contributed by atoms with Gasteiger partial charge in [0.15, 0.2) is 0 Å². The van der Waals surface area contributed by atoms with Crippen molar-refractivity contribution in [2.75, 3.05) is 13.2 Å². The van der Waals surface area contributed by atoms with Crippen LogP contribution in [-0.2, 0) is 0 Å². The number of aliphatic hydroxyl groups is 1. The van der Waals surface area contributed by atoms with Crippen LogP contribution < -0.4 is 0 Å². The van der Waals surface area contributed by atoms with Gasteiger partial charge in [-0.05, 0) is 25.8 Å². The van der Waals surface area contributed by atoms with Crippen molar-refractivity contribution in [2.45, 2.75) is 32.2 Å². The van der Waals surface area contributed by atoms with Gasteiger partial charge in [0.1, 0.15) is 0 Å². The molecule has 4 nitrogen and oxygen atoms in total. The van der Waals surface area contributed by atoms with Gasteiger partial charge < -0.3 is 10.0 Å². The predicted octanol–water partition coefficient (Wildman–Crippen LogP) is 1.44. The number of nitrogens with zero attached hydrogens (tertiary/aromatic N) is 2.